The zero-order valence-corrected chi connectivity index (χ0v) is 11.5. The van der Waals surface area contributed by atoms with E-state index in [9.17, 15) is 8.42 Å². The van der Waals surface area contributed by atoms with Gasteiger partial charge in [-0.1, -0.05) is 12.1 Å². The summed E-state index contributed by atoms with van der Waals surface area (Å²) in [7, 11) is -3.64. The molecule has 3 aromatic rings. The van der Waals surface area contributed by atoms with Crippen molar-refractivity contribution in [1.82, 2.24) is 4.98 Å². The molecular formula is C14H12N2O3S. The molecule has 0 spiro atoms. The number of oxazole rings is 1. The molecule has 0 aliphatic heterocycles. The minimum atomic E-state index is -3.64. The summed E-state index contributed by atoms with van der Waals surface area (Å²) in [6.45, 7) is 1.90. The van der Waals surface area contributed by atoms with Gasteiger partial charge in [0, 0.05) is 11.8 Å². The van der Waals surface area contributed by atoms with Gasteiger partial charge >= 0.3 is 0 Å². The minimum absolute atomic E-state index is 0.142. The van der Waals surface area contributed by atoms with E-state index in [4.69, 9.17) is 4.42 Å². The largest absolute Gasteiger partial charge is 0.443 e. The molecule has 0 amide bonds. The second-order valence-corrected chi connectivity index (χ2v) is 6.14. The Morgan fingerprint density at radius 2 is 2.00 bits per heavy atom. The molecule has 0 atom stereocenters. The van der Waals surface area contributed by atoms with E-state index in [0.29, 0.717) is 16.8 Å². The van der Waals surface area contributed by atoms with Crippen molar-refractivity contribution >= 4 is 26.8 Å². The first kappa shape index (κ1) is 12.7. The molecule has 102 valence electrons. The van der Waals surface area contributed by atoms with Crippen molar-refractivity contribution in [3.8, 4) is 0 Å². The Balaban J connectivity index is 1.98. The summed E-state index contributed by atoms with van der Waals surface area (Å²) in [4.78, 5) is 4.10. The number of benzene rings is 2. The van der Waals surface area contributed by atoms with E-state index in [2.05, 4.69) is 9.71 Å². The number of fused-ring (bicyclic) bond motifs is 1. The Labute approximate surface area is 116 Å². The Bertz CT molecular complexity index is 869. The molecule has 0 radical (unpaired) electrons. The van der Waals surface area contributed by atoms with Crippen LogP contribution in [-0.4, -0.2) is 13.4 Å². The fraction of sp³-hybridized carbons (Fsp3) is 0.0714. The Morgan fingerprint density at radius 3 is 2.80 bits per heavy atom. The number of rotatable bonds is 3. The molecule has 3 rings (SSSR count). The van der Waals surface area contributed by atoms with Crippen molar-refractivity contribution in [1.29, 1.82) is 0 Å². The maximum absolute atomic E-state index is 12.3. The maximum Gasteiger partial charge on any atom is 0.262 e. The van der Waals surface area contributed by atoms with E-state index in [1.165, 1.54) is 18.5 Å². The summed E-state index contributed by atoms with van der Waals surface area (Å²) in [6.07, 6.45) is 1.29. The van der Waals surface area contributed by atoms with Crippen LogP contribution in [0.5, 0.6) is 0 Å². The van der Waals surface area contributed by atoms with Crippen LogP contribution in [0.15, 0.2) is 58.2 Å². The van der Waals surface area contributed by atoms with E-state index in [1.807, 2.05) is 13.0 Å². The van der Waals surface area contributed by atoms with Crippen molar-refractivity contribution in [3.05, 3.63) is 54.4 Å². The van der Waals surface area contributed by atoms with Gasteiger partial charge in [-0.15, -0.1) is 0 Å². The summed E-state index contributed by atoms with van der Waals surface area (Å²) in [6, 6.07) is 11.8. The molecule has 0 bridgehead atoms. The molecule has 0 fully saturated rings. The lowest BCUT2D eigenvalue weighted by Gasteiger charge is -2.08. The van der Waals surface area contributed by atoms with Gasteiger partial charge in [0.05, 0.1) is 4.90 Å². The van der Waals surface area contributed by atoms with Crippen LogP contribution >= 0.6 is 0 Å². The molecular weight excluding hydrogens is 276 g/mol. The number of hydrogen-bond donors (Lipinski definition) is 1. The van der Waals surface area contributed by atoms with Crippen LogP contribution in [0.2, 0.25) is 0 Å². The lowest BCUT2D eigenvalue weighted by molar-refractivity contribution is 0.594. The van der Waals surface area contributed by atoms with Gasteiger partial charge in [-0.3, -0.25) is 4.72 Å². The van der Waals surface area contributed by atoms with Crippen LogP contribution in [-0.2, 0) is 10.0 Å². The van der Waals surface area contributed by atoms with Crippen molar-refractivity contribution in [2.75, 3.05) is 4.72 Å². The average Bonchev–Trinajstić information content (AvgIpc) is 2.85. The topological polar surface area (TPSA) is 72.2 Å². The van der Waals surface area contributed by atoms with Gasteiger partial charge in [-0.2, -0.15) is 0 Å². The van der Waals surface area contributed by atoms with Crippen LogP contribution in [0, 0.1) is 6.92 Å². The molecule has 1 N–H and O–H groups in total. The first-order valence-corrected chi connectivity index (χ1v) is 7.46. The van der Waals surface area contributed by atoms with Crippen molar-refractivity contribution in [2.45, 2.75) is 11.8 Å². The predicted octanol–water partition coefficient (Wildman–Crippen LogP) is 2.94. The quantitative estimate of drug-likeness (QED) is 0.804. The van der Waals surface area contributed by atoms with Crippen LogP contribution in [0.3, 0.4) is 0 Å². The van der Waals surface area contributed by atoms with E-state index in [0.717, 1.165) is 5.56 Å². The highest BCUT2D eigenvalue weighted by Crippen LogP contribution is 2.21. The fourth-order valence-corrected chi connectivity index (χ4v) is 2.99. The van der Waals surface area contributed by atoms with Gasteiger partial charge in [-0.05, 0) is 36.8 Å². The number of hydrogen-bond acceptors (Lipinski definition) is 4. The molecule has 0 aliphatic rings. The molecule has 2 aromatic carbocycles. The monoisotopic (exact) mass is 288 g/mol. The first-order chi connectivity index (χ1) is 9.54. The van der Waals surface area contributed by atoms with Gasteiger partial charge in [-0.25, -0.2) is 13.4 Å². The van der Waals surface area contributed by atoms with Crippen LogP contribution in [0.1, 0.15) is 5.56 Å². The summed E-state index contributed by atoms with van der Waals surface area (Å²) < 4.78 is 32.3. The molecule has 0 saturated carbocycles. The van der Waals surface area contributed by atoms with Crippen LogP contribution in [0.25, 0.3) is 11.1 Å². The third kappa shape index (κ3) is 2.37. The Kier molecular flexibility index (Phi) is 2.94. The number of sulfonamides is 1. The highest BCUT2D eigenvalue weighted by atomic mass is 32.2. The zero-order valence-electron chi connectivity index (χ0n) is 10.7. The standard InChI is InChI=1S/C14H12N2O3S/c1-10-3-2-4-11(7-10)16-20(17,18)12-5-6-13-14(8-12)19-9-15-13/h2-9,16H,1H3. The van der Waals surface area contributed by atoms with Gasteiger partial charge in [0.25, 0.3) is 10.0 Å². The molecule has 1 heterocycles. The molecule has 5 nitrogen and oxygen atoms in total. The second kappa shape index (κ2) is 4.64. The van der Waals surface area contributed by atoms with Gasteiger partial charge in [0.1, 0.15) is 5.52 Å². The smallest absolute Gasteiger partial charge is 0.262 e. The fourth-order valence-electron chi connectivity index (χ4n) is 1.93. The highest BCUT2D eigenvalue weighted by molar-refractivity contribution is 7.92. The highest BCUT2D eigenvalue weighted by Gasteiger charge is 2.15. The zero-order chi connectivity index (χ0) is 14.2. The first-order valence-electron chi connectivity index (χ1n) is 5.97. The van der Waals surface area contributed by atoms with Crippen molar-refractivity contribution < 1.29 is 12.8 Å². The van der Waals surface area contributed by atoms with E-state index >= 15 is 0 Å². The molecule has 6 heteroatoms. The Hall–Kier alpha value is -2.34. The third-order valence-electron chi connectivity index (χ3n) is 2.88. The van der Waals surface area contributed by atoms with Gasteiger partial charge in [0.2, 0.25) is 0 Å². The molecule has 0 aliphatic carbocycles. The van der Waals surface area contributed by atoms with E-state index in [-0.39, 0.29) is 4.90 Å². The number of aromatic nitrogens is 1. The maximum atomic E-state index is 12.3. The third-order valence-corrected chi connectivity index (χ3v) is 4.26. The summed E-state index contributed by atoms with van der Waals surface area (Å²) in [5, 5.41) is 0. The lowest BCUT2D eigenvalue weighted by atomic mass is 10.2. The minimum Gasteiger partial charge on any atom is -0.443 e. The summed E-state index contributed by atoms with van der Waals surface area (Å²) in [5.74, 6) is 0. The number of anilines is 1. The number of aryl methyl sites for hydroxylation is 1. The predicted molar refractivity (Wildman–Crippen MR) is 76.0 cm³/mol. The second-order valence-electron chi connectivity index (χ2n) is 4.46. The van der Waals surface area contributed by atoms with E-state index in [1.54, 1.807) is 24.3 Å². The lowest BCUT2D eigenvalue weighted by Crippen LogP contribution is -2.12. The summed E-state index contributed by atoms with van der Waals surface area (Å²) >= 11 is 0. The van der Waals surface area contributed by atoms with Crippen molar-refractivity contribution in [3.63, 3.8) is 0 Å². The number of nitrogens with zero attached hydrogens (tertiary/aromatic N) is 1. The molecule has 1 aromatic heterocycles. The van der Waals surface area contributed by atoms with E-state index < -0.39 is 10.0 Å². The van der Waals surface area contributed by atoms with Crippen LogP contribution < -0.4 is 4.72 Å². The molecule has 0 unspecified atom stereocenters. The SMILES string of the molecule is Cc1cccc(NS(=O)(=O)c2ccc3ncoc3c2)c1. The van der Waals surface area contributed by atoms with Gasteiger partial charge in [0.15, 0.2) is 12.0 Å². The molecule has 0 saturated heterocycles. The van der Waals surface area contributed by atoms with Crippen LogP contribution in [0.4, 0.5) is 5.69 Å². The average molecular weight is 288 g/mol. The van der Waals surface area contributed by atoms with Gasteiger partial charge < -0.3 is 4.42 Å². The Morgan fingerprint density at radius 1 is 1.15 bits per heavy atom. The normalized spacial score (nSPS) is 11.7. The molecule has 20 heavy (non-hydrogen) atoms. The number of nitrogens with one attached hydrogen (secondary N) is 1. The summed E-state index contributed by atoms with van der Waals surface area (Å²) in [5.41, 5.74) is 2.58. The van der Waals surface area contributed by atoms with Crippen molar-refractivity contribution in [2.24, 2.45) is 0 Å².